The highest BCUT2D eigenvalue weighted by molar-refractivity contribution is 5.84. The fourth-order valence-corrected chi connectivity index (χ4v) is 2.71. The topological polar surface area (TPSA) is 105 Å². The molecule has 0 aliphatic carbocycles. The molecule has 0 spiro atoms. The van der Waals surface area contributed by atoms with Crippen LogP contribution >= 0.6 is 0 Å². The van der Waals surface area contributed by atoms with Gasteiger partial charge in [-0.1, -0.05) is 38.5 Å². The molecule has 29 heavy (non-hydrogen) atoms. The van der Waals surface area contributed by atoms with Crippen molar-refractivity contribution in [1.29, 1.82) is 0 Å². The second-order valence-electron chi connectivity index (χ2n) is 6.70. The highest BCUT2D eigenvalue weighted by Gasteiger charge is 2.19. The number of nitrogens with zero attached hydrogens (tertiary/aromatic N) is 1. The Labute approximate surface area is 174 Å². The predicted molar refractivity (Wildman–Crippen MR) is 119 cm³/mol. The van der Waals surface area contributed by atoms with Gasteiger partial charge in [-0.25, -0.2) is 0 Å². The Morgan fingerprint density at radius 2 is 2.00 bits per heavy atom. The molecule has 1 atom stereocenters. The molecule has 162 valence electrons. The number of nitrogens with two attached hydrogens (primary N) is 1. The molecular weight excluding hydrogens is 368 g/mol. The van der Waals surface area contributed by atoms with Gasteiger partial charge in [0.25, 0.3) is 0 Å². The summed E-state index contributed by atoms with van der Waals surface area (Å²) < 4.78 is 0. The Morgan fingerprint density at radius 1 is 1.28 bits per heavy atom. The second kappa shape index (κ2) is 16.3. The van der Waals surface area contributed by atoms with Gasteiger partial charge in [0.2, 0.25) is 12.3 Å². The third-order valence-corrected chi connectivity index (χ3v) is 4.47. The quantitative estimate of drug-likeness (QED) is 0.346. The van der Waals surface area contributed by atoms with E-state index in [1.165, 1.54) is 11.1 Å². The molecule has 0 aliphatic rings. The number of hydrogen-bond donors (Lipinski definition) is 3. The molecule has 7 nitrogen and oxygen atoms in total. The van der Waals surface area contributed by atoms with Crippen molar-refractivity contribution in [3.05, 3.63) is 42.1 Å². The van der Waals surface area contributed by atoms with Crippen LogP contribution < -0.4 is 16.4 Å². The number of nitrogens with one attached hydrogen (secondary N) is 2. The van der Waals surface area contributed by atoms with Gasteiger partial charge in [0.1, 0.15) is 12.3 Å². The molecule has 1 aromatic carbocycles. The van der Waals surface area contributed by atoms with Gasteiger partial charge in [-0.05, 0) is 50.6 Å². The predicted octanol–water partition coefficient (Wildman–Crippen LogP) is 2.85. The summed E-state index contributed by atoms with van der Waals surface area (Å²) in [7, 11) is 1.59. The molecule has 1 unspecified atom stereocenters. The van der Waals surface area contributed by atoms with E-state index in [0.717, 1.165) is 61.9 Å². The lowest BCUT2D eigenvalue weighted by molar-refractivity contribution is -0.131. The van der Waals surface area contributed by atoms with E-state index in [4.69, 9.17) is 5.73 Å². The molecule has 0 saturated carbocycles. The van der Waals surface area contributed by atoms with Gasteiger partial charge in [0.15, 0.2) is 0 Å². The number of rotatable bonds is 13. The van der Waals surface area contributed by atoms with E-state index in [0.29, 0.717) is 12.8 Å². The first-order valence-electron chi connectivity index (χ1n) is 10.0. The highest BCUT2D eigenvalue weighted by atomic mass is 16.2. The lowest BCUT2D eigenvalue weighted by atomic mass is 10.1. The summed E-state index contributed by atoms with van der Waals surface area (Å²) in [6.45, 7) is 9.02. The number of anilines is 1. The van der Waals surface area contributed by atoms with E-state index in [1.54, 1.807) is 7.05 Å². The van der Waals surface area contributed by atoms with Gasteiger partial charge < -0.3 is 21.3 Å². The van der Waals surface area contributed by atoms with Crippen LogP contribution in [0.25, 0.3) is 0 Å². The summed E-state index contributed by atoms with van der Waals surface area (Å²) in [5.74, 6) is -0.188. The van der Waals surface area contributed by atoms with Gasteiger partial charge in [-0.2, -0.15) is 0 Å². The third kappa shape index (κ3) is 10.4. The average molecular weight is 405 g/mol. The minimum Gasteiger partial charge on any atom is -0.385 e. The molecule has 0 radical (unpaired) electrons. The van der Waals surface area contributed by atoms with Crippen molar-refractivity contribution in [2.75, 3.05) is 25.5 Å². The molecule has 7 heteroatoms. The summed E-state index contributed by atoms with van der Waals surface area (Å²) in [4.78, 5) is 33.9. The Bertz CT molecular complexity index is 634. The maximum absolute atomic E-state index is 11.4. The highest BCUT2D eigenvalue weighted by Crippen LogP contribution is 2.17. The van der Waals surface area contributed by atoms with Crippen molar-refractivity contribution < 1.29 is 14.4 Å². The Morgan fingerprint density at radius 3 is 2.55 bits per heavy atom. The number of likely N-dealkylation sites (N-methyl/N-ethyl adjacent to an activating group) is 1. The lowest BCUT2D eigenvalue weighted by Gasteiger charge is -2.22. The van der Waals surface area contributed by atoms with E-state index < -0.39 is 0 Å². The summed E-state index contributed by atoms with van der Waals surface area (Å²) >= 11 is 0. The van der Waals surface area contributed by atoms with Crippen LogP contribution in [-0.2, 0) is 9.59 Å². The van der Waals surface area contributed by atoms with E-state index in [-0.39, 0.29) is 11.9 Å². The molecule has 0 saturated heterocycles. The fourth-order valence-electron chi connectivity index (χ4n) is 2.71. The zero-order valence-electron chi connectivity index (χ0n) is 17.9. The number of carbonyl (C=O) groups excluding carboxylic acids is 3. The number of unbranched alkanes of at least 4 members (excludes halogenated alkanes) is 2. The second-order valence-corrected chi connectivity index (χ2v) is 6.70. The zero-order chi connectivity index (χ0) is 22.1. The van der Waals surface area contributed by atoms with Crippen LogP contribution in [-0.4, -0.2) is 49.7 Å². The molecule has 1 rings (SSSR count). The minimum absolute atomic E-state index is 0.188. The summed E-state index contributed by atoms with van der Waals surface area (Å²) in [6.07, 6.45) is 7.73. The van der Waals surface area contributed by atoms with Crippen LogP contribution in [0.5, 0.6) is 0 Å². The first kappa shape index (κ1) is 26.3. The van der Waals surface area contributed by atoms with Gasteiger partial charge in [-0.3, -0.25) is 14.4 Å². The molecule has 0 aromatic heterocycles. The van der Waals surface area contributed by atoms with Crippen molar-refractivity contribution in [2.24, 2.45) is 5.73 Å². The number of benzene rings is 1. The lowest BCUT2D eigenvalue weighted by Crippen LogP contribution is -2.42. The minimum atomic E-state index is -0.388. The van der Waals surface area contributed by atoms with Gasteiger partial charge in [0.05, 0.1) is 0 Å². The normalized spacial score (nSPS) is 10.8. The van der Waals surface area contributed by atoms with E-state index >= 15 is 0 Å². The fraction of sp³-hybridized carbons (Fsp3) is 0.500. The van der Waals surface area contributed by atoms with E-state index in [9.17, 15) is 14.4 Å². The average Bonchev–Trinajstić information content (AvgIpc) is 2.73. The molecule has 0 heterocycles. The summed E-state index contributed by atoms with van der Waals surface area (Å²) in [5.41, 5.74) is 8.26. The van der Waals surface area contributed by atoms with Crippen molar-refractivity contribution >= 4 is 24.3 Å². The van der Waals surface area contributed by atoms with E-state index in [1.807, 2.05) is 32.0 Å². The van der Waals surface area contributed by atoms with Crippen molar-refractivity contribution in [3.63, 3.8) is 0 Å². The van der Waals surface area contributed by atoms with Crippen LogP contribution in [0, 0.1) is 6.92 Å². The summed E-state index contributed by atoms with van der Waals surface area (Å²) in [6, 6.07) is 5.35. The van der Waals surface area contributed by atoms with E-state index in [2.05, 4.69) is 17.2 Å². The molecule has 4 N–H and O–H groups in total. The van der Waals surface area contributed by atoms with Gasteiger partial charge in [-0.15, -0.1) is 0 Å². The first-order chi connectivity index (χ1) is 14.0. The molecule has 0 bridgehead atoms. The van der Waals surface area contributed by atoms with Gasteiger partial charge >= 0.3 is 0 Å². The van der Waals surface area contributed by atoms with Crippen LogP contribution in [0.2, 0.25) is 0 Å². The first-order valence-corrected chi connectivity index (χ1v) is 10.0. The van der Waals surface area contributed by atoms with Crippen LogP contribution in [0.3, 0.4) is 0 Å². The van der Waals surface area contributed by atoms with Crippen molar-refractivity contribution in [3.8, 4) is 0 Å². The summed E-state index contributed by atoms with van der Waals surface area (Å²) in [5, 5.41) is 5.82. The Hall–Kier alpha value is -2.67. The number of aldehydes is 1. The largest absolute Gasteiger partial charge is 0.385 e. The van der Waals surface area contributed by atoms with Crippen LogP contribution in [0.4, 0.5) is 5.69 Å². The van der Waals surface area contributed by atoms with Gasteiger partial charge in [0, 0.05) is 24.8 Å². The maximum atomic E-state index is 11.4. The molecular formula is C22H36N4O3. The molecule has 0 aliphatic heterocycles. The zero-order valence-corrected chi connectivity index (χ0v) is 17.9. The third-order valence-electron chi connectivity index (χ3n) is 4.47. The number of hydrogen-bond acceptors (Lipinski definition) is 5. The Kier molecular flexibility index (Phi) is 14.8. The van der Waals surface area contributed by atoms with Crippen LogP contribution in [0.15, 0.2) is 31.0 Å². The smallest absolute Gasteiger partial charge is 0.246 e. The van der Waals surface area contributed by atoms with Crippen molar-refractivity contribution in [2.45, 2.75) is 52.0 Å². The SMILES string of the molecule is C=CNC(=O)C(CCC)N(C)C=O.Cc1c(C=O)cccc1NCCCCCN. The molecule has 2 amide bonds. The number of amides is 2. The number of carbonyl (C=O) groups is 3. The van der Waals surface area contributed by atoms with Crippen molar-refractivity contribution in [1.82, 2.24) is 10.2 Å². The standard InChI is InChI=1S/C13H20N2O.C9H16N2O2/c1-11-12(10-16)6-5-7-13(11)15-9-4-2-3-8-14;1-4-6-8(11(3)7-12)9(13)10-5-2/h5-7,10,15H,2-4,8-9,14H2,1H3;5,7-8H,2,4,6H2,1,3H3,(H,10,13). The van der Waals surface area contributed by atoms with Crippen LogP contribution in [0.1, 0.15) is 54.9 Å². The monoisotopic (exact) mass is 404 g/mol. The molecule has 1 aromatic rings. The maximum Gasteiger partial charge on any atom is 0.246 e. The molecule has 0 fully saturated rings. The Balaban J connectivity index is 0.000000555.